The van der Waals surface area contributed by atoms with Crippen LogP contribution in [-0.2, 0) is 15.0 Å². The fourth-order valence-corrected chi connectivity index (χ4v) is 2.35. The van der Waals surface area contributed by atoms with Crippen LogP contribution in [0.1, 0.15) is 12.0 Å². The molecular weight excluding hydrogens is 256 g/mol. The highest BCUT2D eigenvalue weighted by atomic mass is 16.2. The van der Waals surface area contributed by atoms with Crippen molar-refractivity contribution in [3.05, 3.63) is 59.7 Å². The van der Waals surface area contributed by atoms with Gasteiger partial charge in [0, 0.05) is 5.57 Å². The third kappa shape index (κ3) is 2.34. The monoisotopic (exact) mass is 272 g/mol. The maximum absolute atomic E-state index is 12.3. The van der Waals surface area contributed by atoms with Crippen molar-refractivity contribution >= 4 is 11.8 Å². The van der Waals surface area contributed by atoms with Crippen LogP contribution >= 0.6 is 0 Å². The fraction of sp³-hybridized carbons (Fsp3) is 0.143. The summed E-state index contributed by atoms with van der Waals surface area (Å²) in [6.07, 6.45) is 5.22. The lowest BCUT2D eigenvalue weighted by Crippen LogP contribution is -2.48. The van der Waals surface area contributed by atoms with E-state index >= 15 is 0 Å². The first-order valence-corrected chi connectivity index (χ1v) is 6.10. The van der Waals surface area contributed by atoms with Gasteiger partial charge in [-0.3, -0.25) is 20.4 Å². The first kappa shape index (κ1) is 14.0. The predicted octanol–water partition coefficient (Wildman–Crippen LogP) is -0.209. The second-order valence-corrected chi connectivity index (χ2v) is 4.51. The largest absolute Gasteiger partial charge is 0.293 e. The van der Waals surface area contributed by atoms with Crippen molar-refractivity contribution in [1.29, 1.82) is 0 Å². The number of rotatable bonds is 3. The number of allylic oxidation sites excluding steroid dienone is 2. The number of carbonyl (C=O) groups is 2. The van der Waals surface area contributed by atoms with Crippen LogP contribution in [0.3, 0.4) is 0 Å². The third-order valence-electron chi connectivity index (χ3n) is 3.40. The number of benzene rings is 1. The summed E-state index contributed by atoms with van der Waals surface area (Å²) in [6.45, 7) is 0. The number of hydrogen-bond donors (Lipinski definition) is 4. The summed E-state index contributed by atoms with van der Waals surface area (Å²) < 4.78 is 0. The quantitative estimate of drug-likeness (QED) is 0.346. The normalized spacial score (nSPS) is 21.0. The van der Waals surface area contributed by atoms with E-state index in [1.807, 2.05) is 30.3 Å². The molecular formula is C14H16N4O2. The number of amides is 2. The highest BCUT2D eigenvalue weighted by Gasteiger charge is 2.40. The minimum Gasteiger partial charge on any atom is -0.293 e. The zero-order valence-electron chi connectivity index (χ0n) is 10.8. The summed E-state index contributed by atoms with van der Waals surface area (Å²) in [5.74, 6) is 9.65. The first-order chi connectivity index (χ1) is 9.64. The molecule has 0 heterocycles. The lowest BCUT2D eigenvalue weighted by molar-refractivity contribution is -0.125. The SMILES string of the molecule is NNC(=O)C1=CC=CC(C(=O)NN)(c2ccccc2)C1. The topological polar surface area (TPSA) is 110 Å². The Morgan fingerprint density at radius 2 is 1.80 bits per heavy atom. The van der Waals surface area contributed by atoms with Crippen molar-refractivity contribution in [2.45, 2.75) is 11.8 Å². The van der Waals surface area contributed by atoms with Crippen molar-refractivity contribution < 1.29 is 9.59 Å². The molecule has 0 aliphatic heterocycles. The van der Waals surface area contributed by atoms with Gasteiger partial charge in [-0.15, -0.1) is 0 Å². The number of hydrogen-bond acceptors (Lipinski definition) is 4. The highest BCUT2D eigenvalue weighted by molar-refractivity contribution is 5.98. The van der Waals surface area contributed by atoms with E-state index in [0.717, 1.165) is 5.56 Å². The molecule has 1 aromatic rings. The molecule has 1 aliphatic carbocycles. The average molecular weight is 272 g/mol. The summed E-state index contributed by atoms with van der Waals surface area (Å²) in [6, 6.07) is 9.16. The third-order valence-corrected chi connectivity index (χ3v) is 3.40. The van der Waals surface area contributed by atoms with Crippen LogP contribution in [0.4, 0.5) is 0 Å². The van der Waals surface area contributed by atoms with E-state index < -0.39 is 11.3 Å². The Labute approximate surface area is 116 Å². The van der Waals surface area contributed by atoms with Gasteiger partial charge in [0.05, 0.1) is 5.41 Å². The summed E-state index contributed by atoms with van der Waals surface area (Å²) in [4.78, 5) is 24.0. The fourth-order valence-electron chi connectivity index (χ4n) is 2.35. The van der Waals surface area contributed by atoms with Crippen molar-refractivity contribution in [3.63, 3.8) is 0 Å². The van der Waals surface area contributed by atoms with Crippen molar-refractivity contribution in [2.75, 3.05) is 0 Å². The molecule has 1 unspecified atom stereocenters. The van der Waals surface area contributed by atoms with Crippen LogP contribution in [0, 0.1) is 0 Å². The Bertz CT molecular complexity index is 580. The predicted molar refractivity (Wildman–Crippen MR) is 74.6 cm³/mol. The molecule has 2 amide bonds. The van der Waals surface area contributed by atoms with E-state index in [2.05, 4.69) is 10.9 Å². The number of nitrogens with one attached hydrogen (secondary N) is 2. The molecule has 0 fully saturated rings. The van der Waals surface area contributed by atoms with E-state index in [-0.39, 0.29) is 12.3 Å². The van der Waals surface area contributed by atoms with Gasteiger partial charge in [-0.1, -0.05) is 48.6 Å². The molecule has 104 valence electrons. The lowest BCUT2D eigenvalue weighted by Gasteiger charge is -2.31. The van der Waals surface area contributed by atoms with Gasteiger partial charge in [0.15, 0.2) is 0 Å². The molecule has 0 saturated heterocycles. The molecule has 0 bridgehead atoms. The minimum atomic E-state index is -1.01. The van der Waals surface area contributed by atoms with E-state index in [1.54, 1.807) is 18.2 Å². The summed E-state index contributed by atoms with van der Waals surface area (Å²) in [5.41, 5.74) is 4.42. The second-order valence-electron chi connectivity index (χ2n) is 4.51. The summed E-state index contributed by atoms with van der Waals surface area (Å²) in [7, 11) is 0. The highest BCUT2D eigenvalue weighted by Crippen LogP contribution is 2.35. The van der Waals surface area contributed by atoms with E-state index in [4.69, 9.17) is 11.7 Å². The van der Waals surface area contributed by atoms with Crippen LogP contribution in [0.15, 0.2) is 54.1 Å². The molecule has 6 N–H and O–H groups in total. The molecule has 1 atom stereocenters. The van der Waals surface area contributed by atoms with E-state index in [1.165, 1.54) is 0 Å². The van der Waals surface area contributed by atoms with Crippen molar-refractivity contribution in [1.82, 2.24) is 10.9 Å². The smallest absolute Gasteiger partial charge is 0.261 e. The van der Waals surface area contributed by atoms with Gasteiger partial charge in [-0.2, -0.15) is 0 Å². The molecule has 0 spiro atoms. The zero-order chi connectivity index (χ0) is 14.6. The van der Waals surface area contributed by atoms with E-state index in [0.29, 0.717) is 5.57 Å². The molecule has 2 rings (SSSR count). The van der Waals surface area contributed by atoms with Crippen molar-refractivity contribution in [2.24, 2.45) is 11.7 Å². The standard InChI is InChI=1S/C14H16N4O2/c15-17-12(19)10-5-4-8-14(9-10,13(20)18-16)11-6-2-1-3-7-11/h1-8H,9,15-16H2,(H,17,19)(H,18,20). The van der Waals surface area contributed by atoms with Crippen LogP contribution in [-0.4, -0.2) is 11.8 Å². The Hall–Kier alpha value is -2.44. The Morgan fingerprint density at radius 1 is 1.10 bits per heavy atom. The Balaban J connectivity index is 2.47. The summed E-state index contributed by atoms with van der Waals surface area (Å²) in [5, 5.41) is 0. The molecule has 6 nitrogen and oxygen atoms in total. The van der Waals surface area contributed by atoms with Gasteiger partial charge >= 0.3 is 0 Å². The minimum absolute atomic E-state index is 0.194. The van der Waals surface area contributed by atoms with Gasteiger partial charge in [0.25, 0.3) is 5.91 Å². The van der Waals surface area contributed by atoms with Crippen LogP contribution < -0.4 is 22.5 Å². The van der Waals surface area contributed by atoms with Crippen LogP contribution in [0.5, 0.6) is 0 Å². The van der Waals surface area contributed by atoms with Gasteiger partial charge < -0.3 is 0 Å². The molecule has 1 aliphatic rings. The molecule has 0 saturated carbocycles. The number of nitrogens with two attached hydrogens (primary N) is 2. The van der Waals surface area contributed by atoms with Gasteiger partial charge in [-0.05, 0) is 12.0 Å². The van der Waals surface area contributed by atoms with E-state index in [9.17, 15) is 9.59 Å². The Kier molecular flexibility index (Phi) is 3.97. The average Bonchev–Trinajstić information content (AvgIpc) is 2.54. The maximum atomic E-state index is 12.3. The molecule has 20 heavy (non-hydrogen) atoms. The molecule has 6 heteroatoms. The van der Waals surface area contributed by atoms with Gasteiger partial charge in [-0.25, -0.2) is 11.7 Å². The second kappa shape index (κ2) is 5.68. The number of hydrazine groups is 2. The summed E-state index contributed by atoms with van der Waals surface area (Å²) >= 11 is 0. The van der Waals surface area contributed by atoms with Crippen LogP contribution in [0.25, 0.3) is 0 Å². The number of carbonyl (C=O) groups excluding carboxylic acids is 2. The molecule has 0 radical (unpaired) electrons. The van der Waals surface area contributed by atoms with Crippen molar-refractivity contribution in [3.8, 4) is 0 Å². The van der Waals surface area contributed by atoms with Crippen LogP contribution in [0.2, 0.25) is 0 Å². The Morgan fingerprint density at radius 3 is 2.40 bits per heavy atom. The lowest BCUT2D eigenvalue weighted by atomic mass is 9.72. The first-order valence-electron chi connectivity index (χ1n) is 6.10. The van der Waals surface area contributed by atoms with Gasteiger partial charge in [0.2, 0.25) is 5.91 Å². The maximum Gasteiger partial charge on any atom is 0.261 e. The molecule has 1 aromatic carbocycles. The zero-order valence-corrected chi connectivity index (χ0v) is 10.8. The van der Waals surface area contributed by atoms with Gasteiger partial charge in [0.1, 0.15) is 0 Å². The molecule has 0 aromatic heterocycles.